The first-order valence-electron chi connectivity index (χ1n) is 8.94. The molecular weight excluding hydrogens is 318 g/mol. The van der Waals surface area contributed by atoms with Gasteiger partial charge < -0.3 is 20.1 Å². The molecule has 0 aromatic heterocycles. The summed E-state index contributed by atoms with van der Waals surface area (Å²) in [5.74, 6) is 1.34. The average molecular weight is 349 g/mol. The zero-order chi connectivity index (χ0) is 18.3. The fourth-order valence-corrected chi connectivity index (χ4v) is 3.14. The van der Waals surface area contributed by atoms with Gasteiger partial charge in [0, 0.05) is 18.6 Å². The van der Waals surface area contributed by atoms with Crippen LogP contribution in [-0.2, 0) is 6.54 Å². The minimum absolute atomic E-state index is 0.0267. The van der Waals surface area contributed by atoms with Crippen LogP contribution in [-0.4, -0.2) is 50.3 Å². The van der Waals surface area contributed by atoms with Crippen molar-refractivity contribution in [1.29, 1.82) is 0 Å². The lowest BCUT2D eigenvalue weighted by atomic mass is 9.98. The van der Waals surface area contributed by atoms with Gasteiger partial charge in [-0.1, -0.05) is 12.5 Å². The van der Waals surface area contributed by atoms with Crippen molar-refractivity contribution in [2.75, 3.05) is 33.9 Å². The summed E-state index contributed by atoms with van der Waals surface area (Å²) in [4.78, 5) is 14.6. The van der Waals surface area contributed by atoms with Crippen molar-refractivity contribution < 1.29 is 14.3 Å². The number of hydrogen-bond donors (Lipinski definition) is 2. The van der Waals surface area contributed by atoms with Gasteiger partial charge in [0.2, 0.25) is 0 Å². The number of likely N-dealkylation sites (tertiary alicyclic amines) is 1. The van der Waals surface area contributed by atoms with E-state index in [4.69, 9.17) is 9.47 Å². The monoisotopic (exact) mass is 349 g/mol. The first-order chi connectivity index (χ1) is 12.0. The first-order valence-corrected chi connectivity index (χ1v) is 8.94. The molecule has 2 rings (SSSR count). The summed E-state index contributed by atoms with van der Waals surface area (Å²) < 4.78 is 10.5. The van der Waals surface area contributed by atoms with Gasteiger partial charge in [-0.05, 0) is 57.5 Å². The van der Waals surface area contributed by atoms with Crippen LogP contribution in [0, 0.1) is 0 Å². The maximum atomic E-state index is 12.1. The van der Waals surface area contributed by atoms with Gasteiger partial charge in [-0.3, -0.25) is 4.90 Å². The molecular formula is C19H31N3O3. The van der Waals surface area contributed by atoms with Crippen LogP contribution in [0.25, 0.3) is 0 Å². The Hall–Kier alpha value is -1.95. The maximum Gasteiger partial charge on any atom is 0.315 e. The number of nitrogens with zero attached hydrogens (tertiary/aromatic N) is 1. The Morgan fingerprint density at radius 1 is 1.08 bits per heavy atom. The van der Waals surface area contributed by atoms with E-state index in [-0.39, 0.29) is 11.6 Å². The molecule has 1 fully saturated rings. The average Bonchev–Trinajstić information content (AvgIpc) is 2.65. The van der Waals surface area contributed by atoms with E-state index in [1.54, 1.807) is 14.2 Å². The Balaban J connectivity index is 1.80. The zero-order valence-corrected chi connectivity index (χ0v) is 15.9. The molecule has 1 heterocycles. The second-order valence-corrected chi connectivity index (χ2v) is 7.09. The summed E-state index contributed by atoms with van der Waals surface area (Å²) in [6.45, 7) is 7.67. The molecule has 0 spiro atoms. The zero-order valence-electron chi connectivity index (χ0n) is 15.9. The van der Waals surface area contributed by atoms with E-state index in [1.165, 1.54) is 19.3 Å². The third kappa shape index (κ3) is 5.53. The number of amides is 2. The van der Waals surface area contributed by atoms with Gasteiger partial charge >= 0.3 is 6.03 Å². The van der Waals surface area contributed by atoms with E-state index in [1.807, 2.05) is 18.2 Å². The molecule has 25 heavy (non-hydrogen) atoms. The number of urea groups is 1. The minimum Gasteiger partial charge on any atom is -0.493 e. The van der Waals surface area contributed by atoms with Gasteiger partial charge in [0.25, 0.3) is 0 Å². The van der Waals surface area contributed by atoms with Crippen LogP contribution in [0.4, 0.5) is 4.79 Å². The van der Waals surface area contributed by atoms with Crippen LogP contribution in [0.3, 0.4) is 0 Å². The van der Waals surface area contributed by atoms with Gasteiger partial charge in [0.1, 0.15) is 0 Å². The summed E-state index contributed by atoms with van der Waals surface area (Å²) >= 11 is 0. The molecule has 1 aromatic rings. The normalized spacial score (nSPS) is 15.5. The molecule has 0 unspecified atom stereocenters. The Morgan fingerprint density at radius 2 is 1.76 bits per heavy atom. The summed E-state index contributed by atoms with van der Waals surface area (Å²) in [5, 5.41) is 5.89. The van der Waals surface area contributed by atoms with Crippen LogP contribution in [0.5, 0.6) is 11.5 Å². The number of carbonyl (C=O) groups is 1. The molecule has 2 N–H and O–H groups in total. The lowest BCUT2D eigenvalue weighted by Gasteiger charge is -2.41. The maximum absolute atomic E-state index is 12.1. The number of piperidine rings is 1. The summed E-state index contributed by atoms with van der Waals surface area (Å²) in [6, 6.07) is 5.48. The van der Waals surface area contributed by atoms with Crippen molar-refractivity contribution in [3.8, 4) is 11.5 Å². The van der Waals surface area contributed by atoms with Gasteiger partial charge in [0.05, 0.1) is 14.2 Å². The van der Waals surface area contributed by atoms with Crippen molar-refractivity contribution in [2.45, 2.75) is 45.2 Å². The van der Waals surface area contributed by atoms with E-state index < -0.39 is 0 Å². The molecule has 6 nitrogen and oxygen atoms in total. The van der Waals surface area contributed by atoms with Crippen LogP contribution >= 0.6 is 0 Å². The Labute approximate surface area is 150 Å². The van der Waals surface area contributed by atoms with Gasteiger partial charge in [0.15, 0.2) is 11.5 Å². The number of benzene rings is 1. The number of nitrogens with one attached hydrogen (secondary N) is 2. The number of methoxy groups -OCH3 is 2. The number of hydrogen-bond acceptors (Lipinski definition) is 4. The first kappa shape index (κ1) is 19.4. The van der Waals surface area contributed by atoms with Crippen LogP contribution in [0.15, 0.2) is 18.2 Å². The van der Waals surface area contributed by atoms with E-state index in [9.17, 15) is 4.79 Å². The fourth-order valence-electron chi connectivity index (χ4n) is 3.14. The third-order valence-corrected chi connectivity index (χ3v) is 4.79. The molecule has 0 aliphatic carbocycles. The Kier molecular flexibility index (Phi) is 6.93. The second-order valence-electron chi connectivity index (χ2n) is 7.09. The molecule has 1 aliphatic rings. The van der Waals surface area contributed by atoms with Crippen molar-refractivity contribution in [2.24, 2.45) is 0 Å². The highest BCUT2D eigenvalue weighted by molar-refractivity contribution is 5.73. The molecule has 1 aromatic carbocycles. The third-order valence-electron chi connectivity index (χ3n) is 4.79. The fraction of sp³-hybridized carbons (Fsp3) is 0.632. The van der Waals surface area contributed by atoms with Crippen molar-refractivity contribution in [3.63, 3.8) is 0 Å². The van der Waals surface area contributed by atoms with E-state index in [0.29, 0.717) is 24.6 Å². The lowest BCUT2D eigenvalue weighted by molar-refractivity contribution is 0.0960. The van der Waals surface area contributed by atoms with E-state index in [2.05, 4.69) is 29.4 Å². The van der Waals surface area contributed by atoms with Crippen molar-refractivity contribution in [3.05, 3.63) is 23.8 Å². The van der Waals surface area contributed by atoms with Crippen molar-refractivity contribution in [1.82, 2.24) is 15.5 Å². The lowest BCUT2D eigenvalue weighted by Crippen LogP contribution is -2.54. The van der Waals surface area contributed by atoms with Crippen LogP contribution in [0.1, 0.15) is 38.7 Å². The predicted octanol–water partition coefficient (Wildman–Crippen LogP) is 2.77. The molecule has 140 valence electrons. The highest BCUT2D eigenvalue weighted by atomic mass is 16.5. The highest BCUT2D eigenvalue weighted by Crippen LogP contribution is 2.27. The summed E-state index contributed by atoms with van der Waals surface area (Å²) in [7, 11) is 3.21. The molecule has 0 radical (unpaired) electrons. The number of carbonyl (C=O) groups excluding carboxylic acids is 1. The summed E-state index contributed by atoms with van der Waals surface area (Å²) in [5.41, 5.74) is 0.935. The molecule has 0 saturated carbocycles. The van der Waals surface area contributed by atoms with E-state index >= 15 is 0 Å². The molecule has 2 amide bonds. The smallest absolute Gasteiger partial charge is 0.315 e. The Morgan fingerprint density at radius 3 is 2.40 bits per heavy atom. The Bertz CT molecular complexity index is 569. The largest absolute Gasteiger partial charge is 0.493 e. The SMILES string of the molecule is COc1ccc(CNC(=O)NCC(C)(C)N2CCCCC2)cc1OC. The van der Waals surface area contributed by atoms with Gasteiger partial charge in [-0.25, -0.2) is 4.79 Å². The topological polar surface area (TPSA) is 62.8 Å². The number of rotatable bonds is 7. The quantitative estimate of drug-likeness (QED) is 0.795. The van der Waals surface area contributed by atoms with Crippen LogP contribution < -0.4 is 20.1 Å². The predicted molar refractivity (Wildman–Crippen MR) is 99.3 cm³/mol. The minimum atomic E-state index is -0.153. The highest BCUT2D eigenvalue weighted by Gasteiger charge is 2.28. The van der Waals surface area contributed by atoms with Gasteiger partial charge in [-0.2, -0.15) is 0 Å². The molecule has 0 bridgehead atoms. The molecule has 1 aliphatic heterocycles. The second kappa shape index (κ2) is 8.94. The van der Waals surface area contributed by atoms with E-state index in [0.717, 1.165) is 18.7 Å². The van der Waals surface area contributed by atoms with Crippen LogP contribution in [0.2, 0.25) is 0 Å². The standard InChI is InChI=1S/C19H31N3O3/c1-19(2,22-10-6-5-7-11-22)14-21-18(23)20-13-15-8-9-16(24-3)17(12-15)25-4/h8-9,12H,5-7,10-11,13-14H2,1-4H3,(H2,20,21,23). The van der Waals surface area contributed by atoms with Crippen molar-refractivity contribution >= 4 is 6.03 Å². The molecule has 6 heteroatoms. The molecule has 0 atom stereocenters. The summed E-state index contributed by atoms with van der Waals surface area (Å²) in [6.07, 6.45) is 3.80. The molecule has 1 saturated heterocycles. The van der Waals surface area contributed by atoms with Gasteiger partial charge in [-0.15, -0.1) is 0 Å². The number of ether oxygens (including phenoxy) is 2.